The summed E-state index contributed by atoms with van der Waals surface area (Å²) in [7, 11) is 3.24. The lowest BCUT2D eigenvalue weighted by atomic mass is 10.1. The van der Waals surface area contributed by atoms with Gasteiger partial charge in [-0.25, -0.2) is 9.37 Å². The topological polar surface area (TPSA) is 87.1 Å². The van der Waals surface area contributed by atoms with Crippen LogP contribution >= 0.6 is 0 Å². The van der Waals surface area contributed by atoms with Gasteiger partial charge in [0.15, 0.2) is 0 Å². The zero-order valence-electron chi connectivity index (χ0n) is 19.5. The molecule has 0 aliphatic heterocycles. The lowest BCUT2D eigenvalue weighted by Gasteiger charge is -2.22. The Morgan fingerprint density at radius 2 is 2.00 bits per heavy atom. The molecule has 0 aliphatic rings. The molecule has 0 atom stereocenters. The van der Waals surface area contributed by atoms with Crippen LogP contribution in [0, 0.1) is 18.2 Å². The van der Waals surface area contributed by atoms with Crippen LogP contribution in [0.15, 0.2) is 59.8 Å². The number of carbonyl (C=O) groups excluding carboxylic acids is 2. The molecule has 1 aromatic heterocycles. The number of halogens is 1. The van der Waals surface area contributed by atoms with Crippen molar-refractivity contribution < 1.29 is 18.7 Å². The number of nitrogens with zero attached hydrogens (tertiary/aromatic N) is 4. The summed E-state index contributed by atoms with van der Waals surface area (Å²) in [5.41, 5.74) is 1.28. The van der Waals surface area contributed by atoms with Crippen LogP contribution in [0.3, 0.4) is 0 Å². The van der Waals surface area contributed by atoms with Crippen molar-refractivity contribution in [1.29, 1.82) is 0 Å². The number of anilines is 3. The third-order valence-corrected chi connectivity index (χ3v) is 5.08. The van der Waals surface area contributed by atoms with Crippen molar-refractivity contribution in [3.63, 3.8) is 0 Å². The Morgan fingerprint density at radius 3 is 2.60 bits per heavy atom. The van der Waals surface area contributed by atoms with Crippen LogP contribution in [0.4, 0.5) is 21.6 Å². The molecule has 178 valence electrons. The van der Waals surface area contributed by atoms with Gasteiger partial charge in [-0.2, -0.15) is 5.10 Å². The molecule has 3 aromatic rings. The summed E-state index contributed by atoms with van der Waals surface area (Å²) in [5, 5.41) is 8.54. The number of hydrazone groups is 1. The Labute approximate surface area is 203 Å². The van der Waals surface area contributed by atoms with E-state index in [1.165, 1.54) is 43.8 Å². The van der Waals surface area contributed by atoms with Crippen LogP contribution in [0.2, 0.25) is 0 Å². The second-order valence-electron chi connectivity index (χ2n) is 7.32. The molecule has 0 bridgehead atoms. The van der Waals surface area contributed by atoms with Gasteiger partial charge >= 0.3 is 0 Å². The van der Waals surface area contributed by atoms with E-state index in [1.54, 1.807) is 36.3 Å². The SMILES string of the molecule is C#Cc1ccc(NC(=O)c2cc(OC)ccc2N(C=O)c2ccc(C=NN(C)CC)cc2F)nc1. The Balaban J connectivity index is 1.98. The number of amides is 2. The second kappa shape index (κ2) is 11.4. The first-order chi connectivity index (χ1) is 16.9. The van der Waals surface area contributed by atoms with Crippen molar-refractivity contribution in [3.8, 4) is 18.1 Å². The molecule has 3 rings (SSSR count). The standard InChI is InChI=1S/C26H24FN5O3/c1-5-18-8-12-25(28-15-18)30-26(34)21-14-20(35-4)9-11-23(21)32(17-33)24-10-7-19(13-22(24)27)16-29-31(3)6-2/h1,7-17H,6H2,2-4H3,(H,28,30,34). The smallest absolute Gasteiger partial charge is 0.259 e. The second-order valence-corrected chi connectivity index (χ2v) is 7.32. The van der Waals surface area contributed by atoms with Gasteiger partial charge in [-0.3, -0.25) is 14.5 Å². The predicted molar refractivity (Wildman–Crippen MR) is 134 cm³/mol. The van der Waals surface area contributed by atoms with Gasteiger partial charge in [0.05, 0.1) is 30.3 Å². The van der Waals surface area contributed by atoms with Gasteiger partial charge < -0.3 is 15.1 Å². The predicted octanol–water partition coefficient (Wildman–Crippen LogP) is 4.04. The Morgan fingerprint density at radius 1 is 1.23 bits per heavy atom. The molecule has 0 spiro atoms. The van der Waals surface area contributed by atoms with Gasteiger partial charge in [0.1, 0.15) is 17.4 Å². The highest BCUT2D eigenvalue weighted by atomic mass is 19.1. The van der Waals surface area contributed by atoms with Crippen LogP contribution < -0.4 is 15.0 Å². The van der Waals surface area contributed by atoms with E-state index in [-0.39, 0.29) is 22.8 Å². The van der Waals surface area contributed by atoms with E-state index < -0.39 is 11.7 Å². The summed E-state index contributed by atoms with van der Waals surface area (Å²) in [5.74, 6) is 1.86. The van der Waals surface area contributed by atoms with Gasteiger partial charge in [0, 0.05) is 25.4 Å². The van der Waals surface area contributed by atoms with Crippen LogP contribution in [0.5, 0.6) is 5.75 Å². The van der Waals surface area contributed by atoms with Crippen molar-refractivity contribution >= 4 is 35.7 Å². The van der Waals surface area contributed by atoms with Gasteiger partial charge in [-0.1, -0.05) is 12.0 Å². The molecule has 0 saturated heterocycles. The third kappa shape index (κ3) is 6.00. The minimum Gasteiger partial charge on any atom is -0.497 e. The van der Waals surface area contributed by atoms with Gasteiger partial charge in [-0.05, 0) is 55.0 Å². The normalized spacial score (nSPS) is 10.5. The highest BCUT2D eigenvalue weighted by Crippen LogP contribution is 2.32. The van der Waals surface area contributed by atoms with E-state index in [2.05, 4.69) is 21.3 Å². The third-order valence-electron chi connectivity index (χ3n) is 5.08. The van der Waals surface area contributed by atoms with Crippen molar-refractivity contribution in [2.75, 3.05) is 30.9 Å². The van der Waals surface area contributed by atoms with E-state index >= 15 is 4.39 Å². The number of methoxy groups -OCH3 is 1. The Hall–Kier alpha value is -4.71. The first kappa shape index (κ1) is 24.9. The first-order valence-corrected chi connectivity index (χ1v) is 10.6. The molecule has 0 aliphatic carbocycles. The fourth-order valence-electron chi connectivity index (χ4n) is 3.06. The molecule has 0 radical (unpaired) electrons. The van der Waals surface area contributed by atoms with E-state index in [1.807, 2.05) is 6.92 Å². The lowest BCUT2D eigenvalue weighted by molar-refractivity contribution is -0.106. The number of aromatic nitrogens is 1. The molecule has 1 heterocycles. The molecular formula is C26H24FN5O3. The fourth-order valence-corrected chi connectivity index (χ4v) is 3.06. The van der Waals surface area contributed by atoms with Crippen molar-refractivity contribution in [3.05, 3.63) is 77.2 Å². The molecular weight excluding hydrogens is 449 g/mol. The number of hydrogen-bond donors (Lipinski definition) is 1. The molecule has 8 nitrogen and oxygen atoms in total. The van der Waals surface area contributed by atoms with Crippen molar-refractivity contribution in [2.24, 2.45) is 5.10 Å². The van der Waals surface area contributed by atoms with Crippen LogP contribution in [-0.4, -0.2) is 49.2 Å². The lowest BCUT2D eigenvalue weighted by Crippen LogP contribution is -2.22. The monoisotopic (exact) mass is 473 g/mol. The number of carbonyl (C=O) groups is 2. The summed E-state index contributed by atoms with van der Waals surface area (Å²) in [6, 6.07) is 12.1. The van der Waals surface area contributed by atoms with Crippen LogP contribution in [0.1, 0.15) is 28.4 Å². The average molecular weight is 474 g/mol. The first-order valence-electron chi connectivity index (χ1n) is 10.6. The summed E-state index contributed by atoms with van der Waals surface area (Å²) in [6.07, 6.45) is 8.74. The molecule has 0 fully saturated rings. The van der Waals surface area contributed by atoms with Crippen LogP contribution in [-0.2, 0) is 4.79 Å². The maximum absolute atomic E-state index is 15.0. The average Bonchev–Trinajstić information content (AvgIpc) is 2.89. The number of pyridine rings is 1. The molecule has 9 heteroatoms. The van der Waals surface area contributed by atoms with E-state index in [0.29, 0.717) is 29.8 Å². The maximum Gasteiger partial charge on any atom is 0.259 e. The van der Waals surface area contributed by atoms with Gasteiger partial charge in [0.2, 0.25) is 6.41 Å². The van der Waals surface area contributed by atoms with Crippen molar-refractivity contribution in [1.82, 2.24) is 9.99 Å². The van der Waals surface area contributed by atoms with Crippen LogP contribution in [0.25, 0.3) is 0 Å². The zero-order chi connectivity index (χ0) is 25.4. The molecule has 0 unspecified atom stereocenters. The fraction of sp³-hybridized carbons (Fsp3) is 0.154. The van der Waals surface area contributed by atoms with E-state index in [9.17, 15) is 9.59 Å². The highest BCUT2D eigenvalue weighted by Gasteiger charge is 2.21. The highest BCUT2D eigenvalue weighted by molar-refractivity contribution is 6.10. The molecule has 0 saturated carbocycles. The molecule has 1 N–H and O–H groups in total. The number of benzene rings is 2. The van der Waals surface area contributed by atoms with E-state index in [4.69, 9.17) is 11.2 Å². The summed E-state index contributed by atoms with van der Waals surface area (Å²) in [4.78, 5) is 30.4. The zero-order valence-corrected chi connectivity index (χ0v) is 19.5. The molecule has 35 heavy (non-hydrogen) atoms. The van der Waals surface area contributed by atoms with Gasteiger partial charge in [0.25, 0.3) is 5.91 Å². The summed E-state index contributed by atoms with van der Waals surface area (Å²) >= 11 is 0. The number of hydrogen-bond acceptors (Lipinski definition) is 6. The summed E-state index contributed by atoms with van der Waals surface area (Å²) < 4.78 is 20.3. The Kier molecular flexibility index (Phi) is 8.14. The maximum atomic E-state index is 15.0. The Bertz CT molecular complexity index is 1290. The number of nitrogens with one attached hydrogen (secondary N) is 1. The van der Waals surface area contributed by atoms with E-state index in [0.717, 1.165) is 4.90 Å². The minimum atomic E-state index is -0.658. The molecule has 2 aromatic carbocycles. The van der Waals surface area contributed by atoms with Crippen molar-refractivity contribution in [2.45, 2.75) is 6.92 Å². The number of rotatable bonds is 9. The quantitative estimate of drug-likeness (QED) is 0.219. The molecule has 2 amide bonds. The number of terminal acetylenes is 1. The number of ether oxygens (including phenoxy) is 1. The van der Waals surface area contributed by atoms with Gasteiger partial charge in [-0.15, -0.1) is 6.42 Å². The minimum absolute atomic E-state index is 0.0308. The summed E-state index contributed by atoms with van der Waals surface area (Å²) in [6.45, 7) is 2.63. The largest absolute Gasteiger partial charge is 0.497 e.